The van der Waals surface area contributed by atoms with Gasteiger partial charge >= 0.3 is 0 Å². The summed E-state index contributed by atoms with van der Waals surface area (Å²) in [5, 5.41) is 8.69. The third-order valence-corrected chi connectivity index (χ3v) is 1.87. The molecule has 1 aliphatic rings. The maximum Gasteiger partial charge on any atom is 0.0697 e. The van der Waals surface area contributed by atoms with Crippen LogP contribution < -0.4 is 0 Å². The highest BCUT2D eigenvalue weighted by Gasteiger charge is 2.24. The topological polar surface area (TPSA) is 27.0 Å². The van der Waals surface area contributed by atoms with Gasteiger partial charge in [-0.25, -0.2) is 0 Å². The smallest absolute Gasteiger partial charge is 0.0697 e. The first kappa shape index (κ1) is 7.56. The molecule has 0 unspecified atom stereocenters. The molecule has 0 aromatic carbocycles. The Morgan fingerprint density at radius 3 is 2.40 bits per heavy atom. The highest BCUT2D eigenvalue weighted by Crippen LogP contribution is 2.18. The SMILES string of the molecule is CC(C)(C#N)CN1CCC1. The Kier molecular flexibility index (Phi) is 1.96. The van der Waals surface area contributed by atoms with E-state index in [0.29, 0.717) is 0 Å². The fourth-order valence-corrected chi connectivity index (χ4v) is 1.13. The first-order valence-electron chi connectivity index (χ1n) is 3.78. The molecule has 1 fully saturated rings. The lowest BCUT2D eigenvalue weighted by Crippen LogP contribution is -2.42. The Morgan fingerprint density at radius 1 is 1.50 bits per heavy atom. The van der Waals surface area contributed by atoms with Crippen molar-refractivity contribution in [3.63, 3.8) is 0 Å². The van der Waals surface area contributed by atoms with Gasteiger partial charge in [0.15, 0.2) is 0 Å². The number of likely N-dealkylation sites (tertiary alicyclic amines) is 1. The lowest BCUT2D eigenvalue weighted by atomic mass is 9.94. The summed E-state index contributed by atoms with van der Waals surface area (Å²) in [6, 6.07) is 2.30. The van der Waals surface area contributed by atoms with Gasteiger partial charge in [-0.3, -0.25) is 0 Å². The number of rotatable bonds is 2. The Morgan fingerprint density at radius 2 is 2.10 bits per heavy atom. The molecule has 1 saturated heterocycles. The molecule has 56 valence electrons. The molecule has 0 bridgehead atoms. The molecule has 0 aromatic heterocycles. The van der Waals surface area contributed by atoms with E-state index < -0.39 is 0 Å². The van der Waals surface area contributed by atoms with Crippen LogP contribution in [0.2, 0.25) is 0 Å². The Bertz CT molecular complexity index is 151. The molecule has 0 aliphatic carbocycles. The van der Waals surface area contributed by atoms with Crippen LogP contribution in [0.4, 0.5) is 0 Å². The van der Waals surface area contributed by atoms with Crippen LogP contribution in [-0.4, -0.2) is 24.5 Å². The molecule has 0 amide bonds. The molecule has 0 atom stereocenters. The fraction of sp³-hybridized carbons (Fsp3) is 0.875. The normalized spacial score (nSPS) is 19.7. The van der Waals surface area contributed by atoms with Gasteiger partial charge in [-0.05, 0) is 33.4 Å². The molecule has 0 radical (unpaired) electrons. The van der Waals surface area contributed by atoms with Crippen LogP contribution in [0.15, 0.2) is 0 Å². The van der Waals surface area contributed by atoms with E-state index in [1.54, 1.807) is 0 Å². The summed E-state index contributed by atoms with van der Waals surface area (Å²) in [6.45, 7) is 7.29. The maximum absolute atomic E-state index is 8.69. The average molecular weight is 138 g/mol. The molecule has 2 heteroatoms. The highest BCUT2D eigenvalue weighted by molar-refractivity contribution is 4.95. The van der Waals surface area contributed by atoms with Crippen LogP contribution in [-0.2, 0) is 0 Å². The van der Waals surface area contributed by atoms with Crippen LogP contribution >= 0.6 is 0 Å². The van der Waals surface area contributed by atoms with E-state index in [-0.39, 0.29) is 5.41 Å². The second kappa shape index (κ2) is 2.59. The molecular formula is C8H14N2. The van der Waals surface area contributed by atoms with Crippen molar-refractivity contribution in [2.45, 2.75) is 20.3 Å². The predicted octanol–water partition coefficient (Wildman–Crippen LogP) is 1.24. The molecule has 0 N–H and O–H groups in total. The van der Waals surface area contributed by atoms with Gasteiger partial charge in [0, 0.05) is 6.54 Å². The monoisotopic (exact) mass is 138 g/mol. The highest BCUT2D eigenvalue weighted by atomic mass is 15.2. The van der Waals surface area contributed by atoms with Gasteiger partial charge in [0.05, 0.1) is 11.5 Å². The minimum atomic E-state index is -0.152. The summed E-state index contributed by atoms with van der Waals surface area (Å²) >= 11 is 0. The van der Waals surface area contributed by atoms with Crippen molar-refractivity contribution in [2.75, 3.05) is 19.6 Å². The average Bonchev–Trinajstić information content (AvgIpc) is 1.80. The van der Waals surface area contributed by atoms with Gasteiger partial charge in [-0.1, -0.05) is 0 Å². The van der Waals surface area contributed by atoms with E-state index in [2.05, 4.69) is 11.0 Å². The van der Waals surface area contributed by atoms with Crippen molar-refractivity contribution in [3.8, 4) is 6.07 Å². The molecule has 2 nitrogen and oxygen atoms in total. The predicted molar refractivity (Wildman–Crippen MR) is 40.5 cm³/mol. The Hall–Kier alpha value is -0.550. The summed E-state index contributed by atoms with van der Waals surface area (Å²) < 4.78 is 0. The second-order valence-electron chi connectivity index (χ2n) is 3.63. The van der Waals surface area contributed by atoms with Gasteiger partial charge in [0.1, 0.15) is 0 Å². The third kappa shape index (κ3) is 1.71. The maximum atomic E-state index is 8.69. The van der Waals surface area contributed by atoms with Gasteiger partial charge in [0.2, 0.25) is 0 Å². The zero-order valence-electron chi connectivity index (χ0n) is 6.72. The zero-order chi connectivity index (χ0) is 7.61. The van der Waals surface area contributed by atoms with E-state index in [1.807, 2.05) is 13.8 Å². The van der Waals surface area contributed by atoms with Gasteiger partial charge in [0.25, 0.3) is 0 Å². The summed E-state index contributed by atoms with van der Waals surface area (Å²) in [5.74, 6) is 0. The Balaban J connectivity index is 2.30. The van der Waals surface area contributed by atoms with E-state index in [1.165, 1.54) is 19.5 Å². The number of hydrogen-bond acceptors (Lipinski definition) is 2. The second-order valence-corrected chi connectivity index (χ2v) is 3.63. The van der Waals surface area contributed by atoms with Crippen LogP contribution in [0.25, 0.3) is 0 Å². The lowest BCUT2D eigenvalue weighted by Gasteiger charge is -2.34. The van der Waals surface area contributed by atoms with Crippen molar-refractivity contribution in [2.24, 2.45) is 5.41 Å². The minimum absolute atomic E-state index is 0.152. The van der Waals surface area contributed by atoms with E-state index >= 15 is 0 Å². The van der Waals surface area contributed by atoms with Crippen molar-refractivity contribution in [1.82, 2.24) is 4.90 Å². The molecular weight excluding hydrogens is 124 g/mol. The summed E-state index contributed by atoms with van der Waals surface area (Å²) in [6.07, 6.45) is 1.31. The first-order chi connectivity index (χ1) is 4.64. The van der Waals surface area contributed by atoms with Crippen molar-refractivity contribution in [1.29, 1.82) is 5.26 Å². The first-order valence-corrected chi connectivity index (χ1v) is 3.78. The van der Waals surface area contributed by atoms with Gasteiger partial charge < -0.3 is 4.90 Å². The fourth-order valence-electron chi connectivity index (χ4n) is 1.13. The largest absolute Gasteiger partial charge is 0.302 e. The van der Waals surface area contributed by atoms with Crippen molar-refractivity contribution in [3.05, 3.63) is 0 Å². The van der Waals surface area contributed by atoms with E-state index in [4.69, 9.17) is 5.26 Å². The molecule has 0 saturated carbocycles. The van der Waals surface area contributed by atoms with Crippen LogP contribution in [0.1, 0.15) is 20.3 Å². The van der Waals surface area contributed by atoms with E-state index in [0.717, 1.165) is 6.54 Å². The molecule has 1 heterocycles. The van der Waals surface area contributed by atoms with Crippen LogP contribution in [0.3, 0.4) is 0 Å². The molecule has 1 rings (SSSR count). The molecule has 0 spiro atoms. The van der Waals surface area contributed by atoms with Crippen LogP contribution in [0, 0.1) is 16.7 Å². The quantitative estimate of drug-likeness (QED) is 0.574. The zero-order valence-corrected chi connectivity index (χ0v) is 6.72. The van der Waals surface area contributed by atoms with Gasteiger partial charge in [-0.15, -0.1) is 0 Å². The standard InChI is InChI=1S/C8H14N2/c1-8(2,6-9)7-10-4-3-5-10/h3-5,7H2,1-2H3. The molecule has 0 aromatic rings. The number of nitrogens with zero attached hydrogens (tertiary/aromatic N) is 2. The summed E-state index contributed by atoms with van der Waals surface area (Å²) in [5.41, 5.74) is -0.152. The summed E-state index contributed by atoms with van der Waals surface area (Å²) in [4.78, 5) is 2.32. The summed E-state index contributed by atoms with van der Waals surface area (Å²) in [7, 11) is 0. The Labute approximate surface area is 62.4 Å². The lowest BCUT2D eigenvalue weighted by molar-refractivity contribution is 0.140. The van der Waals surface area contributed by atoms with Gasteiger partial charge in [-0.2, -0.15) is 5.26 Å². The third-order valence-electron chi connectivity index (χ3n) is 1.87. The number of nitriles is 1. The van der Waals surface area contributed by atoms with Crippen molar-refractivity contribution < 1.29 is 0 Å². The molecule has 1 aliphatic heterocycles. The number of hydrogen-bond donors (Lipinski definition) is 0. The van der Waals surface area contributed by atoms with Crippen molar-refractivity contribution >= 4 is 0 Å². The molecule has 10 heavy (non-hydrogen) atoms. The van der Waals surface area contributed by atoms with Crippen LogP contribution in [0.5, 0.6) is 0 Å². The minimum Gasteiger partial charge on any atom is -0.302 e. The van der Waals surface area contributed by atoms with E-state index in [9.17, 15) is 0 Å².